The average Bonchev–Trinajstić information content (AvgIpc) is 2.41. The molecule has 1 atom stereocenters. The van der Waals surface area contributed by atoms with Crippen LogP contribution in [0.5, 0.6) is 0 Å². The smallest absolute Gasteiger partial charge is 0.310 e. The first-order valence-corrected chi connectivity index (χ1v) is 7.33. The van der Waals surface area contributed by atoms with Gasteiger partial charge in [-0.3, -0.25) is 9.59 Å². The molecule has 1 unspecified atom stereocenters. The third-order valence-electron chi connectivity index (χ3n) is 4.30. The molecule has 4 heteroatoms. The van der Waals surface area contributed by atoms with Crippen LogP contribution >= 0.6 is 0 Å². The van der Waals surface area contributed by atoms with E-state index in [4.69, 9.17) is 0 Å². The highest BCUT2D eigenvalue weighted by Crippen LogP contribution is 2.33. The number of carboxylic acid groups (broad SMARTS) is 1. The summed E-state index contributed by atoms with van der Waals surface area (Å²) >= 11 is 0. The van der Waals surface area contributed by atoms with Crippen molar-refractivity contribution >= 4 is 17.6 Å². The van der Waals surface area contributed by atoms with E-state index in [1.165, 1.54) is 0 Å². The van der Waals surface area contributed by atoms with Gasteiger partial charge in [-0.25, -0.2) is 0 Å². The van der Waals surface area contributed by atoms with Gasteiger partial charge in [0.05, 0.1) is 5.41 Å². The number of carbonyl (C=O) groups excluding carboxylic acids is 1. The first-order valence-electron chi connectivity index (χ1n) is 7.33. The van der Waals surface area contributed by atoms with Gasteiger partial charge in [0.15, 0.2) is 0 Å². The highest BCUT2D eigenvalue weighted by Gasteiger charge is 2.40. The van der Waals surface area contributed by atoms with Crippen LogP contribution in [0.15, 0.2) is 24.3 Å². The number of carbonyl (C=O) groups is 2. The zero-order chi connectivity index (χ0) is 16.2. The average molecular weight is 291 g/mol. The lowest BCUT2D eigenvalue weighted by Gasteiger charge is -2.31. The Hall–Kier alpha value is -1.84. The van der Waals surface area contributed by atoms with E-state index in [-0.39, 0.29) is 18.2 Å². The summed E-state index contributed by atoms with van der Waals surface area (Å²) in [6, 6.07) is 7.65. The Labute approximate surface area is 126 Å². The molecule has 0 saturated heterocycles. The normalized spacial score (nSPS) is 13.8. The van der Waals surface area contributed by atoms with Gasteiger partial charge in [-0.15, -0.1) is 0 Å². The van der Waals surface area contributed by atoms with Gasteiger partial charge in [0.25, 0.3) is 0 Å². The number of para-hydroxylation sites is 1. The number of carboxylic acids is 1. The van der Waals surface area contributed by atoms with Gasteiger partial charge in [-0.2, -0.15) is 0 Å². The molecule has 0 heterocycles. The molecule has 0 aliphatic rings. The standard InChI is InChI=1S/C17H25NO3/c1-6-18(14-10-8-7-9-13(14)4)15(19)11-17(5,12(2)3)16(20)21/h7-10,12H,6,11H2,1-5H3,(H,20,21). The minimum Gasteiger partial charge on any atom is -0.481 e. The van der Waals surface area contributed by atoms with Crippen molar-refractivity contribution in [3.63, 3.8) is 0 Å². The first-order chi connectivity index (χ1) is 9.74. The number of rotatable bonds is 6. The minimum absolute atomic E-state index is 0.00216. The lowest BCUT2D eigenvalue weighted by Crippen LogP contribution is -2.41. The summed E-state index contributed by atoms with van der Waals surface area (Å²) in [4.78, 5) is 25.8. The van der Waals surface area contributed by atoms with Gasteiger partial charge in [0.2, 0.25) is 5.91 Å². The van der Waals surface area contributed by atoms with Crippen molar-refractivity contribution in [1.82, 2.24) is 0 Å². The largest absolute Gasteiger partial charge is 0.481 e. The molecular formula is C17H25NO3. The molecular weight excluding hydrogens is 266 g/mol. The molecule has 1 rings (SSSR count). The SMILES string of the molecule is CCN(C(=O)CC(C)(C(=O)O)C(C)C)c1ccccc1C. The van der Waals surface area contributed by atoms with Gasteiger partial charge in [0.1, 0.15) is 0 Å². The van der Waals surface area contributed by atoms with Gasteiger partial charge in [-0.1, -0.05) is 32.0 Å². The van der Waals surface area contributed by atoms with E-state index in [1.807, 2.05) is 52.0 Å². The molecule has 21 heavy (non-hydrogen) atoms. The van der Waals surface area contributed by atoms with Crippen LogP contribution in [-0.2, 0) is 9.59 Å². The molecule has 1 aromatic carbocycles. The zero-order valence-electron chi connectivity index (χ0n) is 13.5. The number of aryl methyl sites for hydroxylation is 1. The predicted molar refractivity (Wildman–Crippen MR) is 84.4 cm³/mol. The fraction of sp³-hybridized carbons (Fsp3) is 0.529. The lowest BCUT2D eigenvalue weighted by molar-refractivity contribution is -0.153. The van der Waals surface area contributed by atoms with Crippen molar-refractivity contribution in [2.45, 2.75) is 41.0 Å². The van der Waals surface area contributed by atoms with E-state index in [0.29, 0.717) is 6.54 Å². The third-order valence-corrected chi connectivity index (χ3v) is 4.30. The highest BCUT2D eigenvalue weighted by molar-refractivity contribution is 5.96. The Morgan fingerprint density at radius 2 is 1.86 bits per heavy atom. The molecule has 0 fully saturated rings. The summed E-state index contributed by atoms with van der Waals surface area (Å²) < 4.78 is 0. The maximum Gasteiger partial charge on any atom is 0.310 e. The van der Waals surface area contributed by atoms with Crippen LogP contribution in [0.2, 0.25) is 0 Å². The van der Waals surface area contributed by atoms with Gasteiger partial charge in [0, 0.05) is 18.7 Å². The monoisotopic (exact) mass is 291 g/mol. The molecule has 0 saturated carbocycles. The Balaban J connectivity index is 3.06. The Bertz CT molecular complexity index is 525. The van der Waals surface area contributed by atoms with E-state index in [1.54, 1.807) is 11.8 Å². The highest BCUT2D eigenvalue weighted by atomic mass is 16.4. The summed E-state index contributed by atoms with van der Waals surface area (Å²) in [7, 11) is 0. The van der Waals surface area contributed by atoms with Gasteiger partial charge < -0.3 is 10.0 Å². The van der Waals surface area contributed by atoms with E-state index >= 15 is 0 Å². The summed E-state index contributed by atoms with van der Waals surface area (Å²) in [5.41, 5.74) is 0.809. The number of hydrogen-bond acceptors (Lipinski definition) is 2. The topological polar surface area (TPSA) is 57.6 Å². The number of hydrogen-bond donors (Lipinski definition) is 1. The Morgan fingerprint density at radius 3 is 2.29 bits per heavy atom. The van der Waals surface area contributed by atoms with Crippen molar-refractivity contribution in [2.24, 2.45) is 11.3 Å². The Kier molecular flexibility index (Phi) is 5.53. The summed E-state index contributed by atoms with van der Waals surface area (Å²) in [5.74, 6) is -1.19. The molecule has 0 aromatic heterocycles. The van der Waals surface area contributed by atoms with E-state index < -0.39 is 11.4 Å². The second-order valence-electron chi connectivity index (χ2n) is 5.98. The van der Waals surface area contributed by atoms with Crippen LogP contribution in [0.4, 0.5) is 5.69 Å². The molecule has 0 aliphatic carbocycles. The van der Waals surface area contributed by atoms with E-state index in [0.717, 1.165) is 11.3 Å². The zero-order valence-corrected chi connectivity index (χ0v) is 13.5. The van der Waals surface area contributed by atoms with Crippen LogP contribution in [0.3, 0.4) is 0 Å². The minimum atomic E-state index is -1.05. The van der Waals surface area contributed by atoms with Crippen molar-refractivity contribution in [3.05, 3.63) is 29.8 Å². The maximum atomic E-state index is 12.6. The van der Waals surface area contributed by atoms with Gasteiger partial charge in [-0.05, 0) is 38.3 Å². The molecule has 1 N–H and O–H groups in total. The number of amides is 1. The lowest BCUT2D eigenvalue weighted by atomic mass is 9.76. The number of aliphatic carboxylic acids is 1. The van der Waals surface area contributed by atoms with Crippen LogP contribution in [0.25, 0.3) is 0 Å². The molecule has 4 nitrogen and oxygen atoms in total. The van der Waals surface area contributed by atoms with E-state index in [2.05, 4.69) is 0 Å². The van der Waals surface area contributed by atoms with Crippen molar-refractivity contribution in [3.8, 4) is 0 Å². The number of benzene rings is 1. The quantitative estimate of drug-likeness (QED) is 0.873. The van der Waals surface area contributed by atoms with Gasteiger partial charge >= 0.3 is 5.97 Å². The molecule has 0 radical (unpaired) electrons. The summed E-state index contributed by atoms with van der Waals surface area (Å²) in [5, 5.41) is 9.46. The molecule has 0 spiro atoms. The Morgan fingerprint density at radius 1 is 1.29 bits per heavy atom. The number of nitrogens with zero attached hydrogens (tertiary/aromatic N) is 1. The summed E-state index contributed by atoms with van der Waals surface area (Å²) in [6.45, 7) is 9.69. The molecule has 1 aromatic rings. The fourth-order valence-electron chi connectivity index (χ4n) is 2.28. The predicted octanol–water partition coefficient (Wildman–Crippen LogP) is 3.48. The first kappa shape index (κ1) is 17.2. The second kappa shape index (κ2) is 6.74. The van der Waals surface area contributed by atoms with Crippen LogP contribution in [0.1, 0.15) is 39.7 Å². The maximum absolute atomic E-state index is 12.6. The molecule has 0 aliphatic heterocycles. The molecule has 1 amide bonds. The van der Waals surface area contributed by atoms with E-state index in [9.17, 15) is 14.7 Å². The van der Waals surface area contributed by atoms with Crippen molar-refractivity contribution < 1.29 is 14.7 Å². The molecule has 116 valence electrons. The molecule has 0 bridgehead atoms. The third kappa shape index (κ3) is 3.63. The second-order valence-corrected chi connectivity index (χ2v) is 5.98. The fourth-order valence-corrected chi connectivity index (χ4v) is 2.28. The van der Waals surface area contributed by atoms with Crippen molar-refractivity contribution in [2.75, 3.05) is 11.4 Å². The van der Waals surface area contributed by atoms with Crippen LogP contribution in [-0.4, -0.2) is 23.5 Å². The van der Waals surface area contributed by atoms with Crippen LogP contribution in [0, 0.1) is 18.3 Å². The number of anilines is 1. The van der Waals surface area contributed by atoms with Crippen molar-refractivity contribution in [1.29, 1.82) is 0 Å². The van der Waals surface area contributed by atoms with Crippen LogP contribution < -0.4 is 4.90 Å². The summed E-state index contributed by atoms with van der Waals surface area (Å²) in [6.07, 6.45) is 0.00216.